The fourth-order valence-corrected chi connectivity index (χ4v) is 2.66. The lowest BCUT2D eigenvalue weighted by Gasteiger charge is -2.36. The van der Waals surface area contributed by atoms with E-state index in [4.69, 9.17) is 11.6 Å². The van der Waals surface area contributed by atoms with Crippen LogP contribution in [0.4, 0.5) is 0 Å². The van der Waals surface area contributed by atoms with Crippen molar-refractivity contribution < 1.29 is 5.11 Å². The van der Waals surface area contributed by atoms with Crippen molar-refractivity contribution in [3.63, 3.8) is 0 Å². The highest BCUT2D eigenvalue weighted by molar-refractivity contribution is 6.30. The van der Waals surface area contributed by atoms with E-state index in [2.05, 4.69) is 16.7 Å². The van der Waals surface area contributed by atoms with Crippen molar-refractivity contribution in [2.24, 2.45) is 0 Å². The molecular formula is C16H20ClNO. The molecule has 1 aliphatic rings. The summed E-state index contributed by atoms with van der Waals surface area (Å²) < 4.78 is 0. The third kappa shape index (κ3) is 4.24. The average Bonchev–Trinajstić information content (AvgIpc) is 2.41. The lowest BCUT2D eigenvalue weighted by molar-refractivity contribution is 0.0450. The summed E-state index contributed by atoms with van der Waals surface area (Å²) in [5, 5.41) is 10.5. The Bertz CT molecular complexity index is 458. The Labute approximate surface area is 120 Å². The first-order chi connectivity index (χ1) is 9.16. The molecule has 0 radical (unpaired) electrons. The van der Waals surface area contributed by atoms with Crippen LogP contribution < -0.4 is 0 Å². The third-order valence-corrected chi connectivity index (χ3v) is 3.83. The van der Waals surface area contributed by atoms with Crippen LogP contribution in [0.1, 0.15) is 31.7 Å². The van der Waals surface area contributed by atoms with Crippen LogP contribution in [0.15, 0.2) is 24.3 Å². The number of likely N-dealkylation sites (tertiary alicyclic amines) is 1. The topological polar surface area (TPSA) is 23.5 Å². The summed E-state index contributed by atoms with van der Waals surface area (Å²) in [6.45, 7) is 3.62. The van der Waals surface area contributed by atoms with Crippen LogP contribution in [0.25, 0.3) is 0 Å². The molecule has 0 bridgehead atoms. The molecule has 0 aliphatic carbocycles. The Morgan fingerprint density at radius 3 is 2.79 bits per heavy atom. The van der Waals surface area contributed by atoms with E-state index < -0.39 is 0 Å². The summed E-state index contributed by atoms with van der Waals surface area (Å²) in [6, 6.07) is 7.82. The molecule has 0 aromatic heterocycles. The minimum absolute atomic E-state index is 0.258. The van der Waals surface area contributed by atoms with Crippen LogP contribution in [0, 0.1) is 11.8 Å². The molecule has 1 aromatic rings. The second-order valence-electron chi connectivity index (χ2n) is 5.08. The van der Waals surface area contributed by atoms with E-state index in [0.29, 0.717) is 0 Å². The zero-order valence-corrected chi connectivity index (χ0v) is 12.0. The Balaban J connectivity index is 1.95. The van der Waals surface area contributed by atoms with Gasteiger partial charge in [0.05, 0.1) is 12.6 Å². The van der Waals surface area contributed by atoms with Gasteiger partial charge in [0, 0.05) is 16.6 Å². The highest BCUT2D eigenvalue weighted by Crippen LogP contribution is 2.19. The minimum Gasteiger partial charge on any atom is -0.392 e. The fourth-order valence-electron chi connectivity index (χ4n) is 2.54. The number of halogens is 1. The number of aliphatic hydroxyl groups excluding tert-OH is 1. The molecule has 19 heavy (non-hydrogen) atoms. The molecule has 2 nitrogen and oxygen atoms in total. The molecule has 0 spiro atoms. The van der Waals surface area contributed by atoms with Gasteiger partial charge in [0.1, 0.15) is 0 Å². The van der Waals surface area contributed by atoms with Crippen LogP contribution in [0.2, 0.25) is 5.02 Å². The third-order valence-electron chi connectivity index (χ3n) is 3.58. The van der Waals surface area contributed by atoms with E-state index in [1.165, 1.54) is 12.8 Å². The molecule has 1 saturated heterocycles. The Kier molecular flexibility index (Phi) is 5.27. The van der Waals surface area contributed by atoms with Crippen molar-refractivity contribution in [3.8, 4) is 11.8 Å². The van der Waals surface area contributed by atoms with E-state index in [-0.39, 0.29) is 12.1 Å². The molecule has 2 atom stereocenters. The molecule has 2 unspecified atom stereocenters. The molecule has 1 aromatic carbocycles. The molecule has 1 N–H and O–H groups in total. The van der Waals surface area contributed by atoms with Crippen LogP contribution in [0.3, 0.4) is 0 Å². The van der Waals surface area contributed by atoms with Gasteiger partial charge in [-0.3, -0.25) is 4.90 Å². The lowest BCUT2D eigenvalue weighted by atomic mass is 9.98. The number of benzene rings is 1. The average molecular weight is 278 g/mol. The molecule has 1 fully saturated rings. The predicted molar refractivity (Wildman–Crippen MR) is 79.2 cm³/mol. The Morgan fingerprint density at radius 1 is 1.37 bits per heavy atom. The molecule has 0 saturated carbocycles. The summed E-state index contributed by atoms with van der Waals surface area (Å²) in [5.74, 6) is 6.34. The van der Waals surface area contributed by atoms with Gasteiger partial charge in [-0.1, -0.05) is 29.9 Å². The van der Waals surface area contributed by atoms with Crippen molar-refractivity contribution in [2.45, 2.75) is 38.3 Å². The molecule has 2 rings (SSSR count). The smallest absolute Gasteiger partial charge is 0.0667 e. The quantitative estimate of drug-likeness (QED) is 0.840. The van der Waals surface area contributed by atoms with Crippen LogP contribution in [0.5, 0.6) is 0 Å². The molecule has 1 heterocycles. The second kappa shape index (κ2) is 6.96. The van der Waals surface area contributed by atoms with Gasteiger partial charge in [0.15, 0.2) is 0 Å². The monoisotopic (exact) mass is 277 g/mol. The van der Waals surface area contributed by atoms with Gasteiger partial charge in [0.25, 0.3) is 0 Å². The molecule has 102 valence electrons. The van der Waals surface area contributed by atoms with E-state index in [9.17, 15) is 5.11 Å². The fraction of sp³-hybridized carbons (Fsp3) is 0.500. The van der Waals surface area contributed by atoms with Crippen molar-refractivity contribution in [1.29, 1.82) is 0 Å². The predicted octanol–water partition coefficient (Wildman–Crippen LogP) is 2.93. The maximum Gasteiger partial charge on any atom is 0.0667 e. The summed E-state index contributed by atoms with van der Waals surface area (Å²) >= 11 is 5.84. The maximum atomic E-state index is 9.79. The van der Waals surface area contributed by atoms with Gasteiger partial charge < -0.3 is 5.11 Å². The van der Waals surface area contributed by atoms with E-state index in [0.717, 1.165) is 30.1 Å². The summed E-state index contributed by atoms with van der Waals surface area (Å²) in [7, 11) is 0. The largest absolute Gasteiger partial charge is 0.392 e. The van der Waals surface area contributed by atoms with Crippen molar-refractivity contribution in [1.82, 2.24) is 4.90 Å². The highest BCUT2D eigenvalue weighted by atomic mass is 35.5. The maximum absolute atomic E-state index is 9.79. The van der Waals surface area contributed by atoms with E-state index >= 15 is 0 Å². The van der Waals surface area contributed by atoms with Gasteiger partial charge in [-0.05, 0) is 50.6 Å². The first-order valence-corrected chi connectivity index (χ1v) is 7.21. The number of piperidine rings is 1. The second-order valence-corrected chi connectivity index (χ2v) is 5.52. The first-order valence-electron chi connectivity index (χ1n) is 6.83. The van der Waals surface area contributed by atoms with Gasteiger partial charge in [-0.15, -0.1) is 0 Å². The Morgan fingerprint density at radius 2 is 2.11 bits per heavy atom. The standard InChI is InChI=1S/C16H20ClNO/c1-13(19)16-6-2-3-11-18(16)12-4-5-14-7-9-15(17)10-8-14/h7-10,13,16,19H,2-3,6,11-12H2,1H3. The van der Waals surface area contributed by atoms with Crippen molar-refractivity contribution in [2.75, 3.05) is 13.1 Å². The number of hydrogen-bond acceptors (Lipinski definition) is 2. The van der Waals surface area contributed by atoms with Gasteiger partial charge in [0.2, 0.25) is 0 Å². The van der Waals surface area contributed by atoms with E-state index in [1.54, 1.807) is 0 Å². The summed E-state index contributed by atoms with van der Waals surface area (Å²) in [4.78, 5) is 2.29. The SMILES string of the molecule is CC(O)C1CCCCN1CC#Cc1ccc(Cl)cc1. The zero-order chi connectivity index (χ0) is 13.7. The number of aliphatic hydroxyl groups is 1. The summed E-state index contributed by atoms with van der Waals surface area (Å²) in [6.07, 6.45) is 3.20. The van der Waals surface area contributed by atoms with Gasteiger partial charge in [-0.25, -0.2) is 0 Å². The van der Waals surface area contributed by atoms with Crippen molar-refractivity contribution >= 4 is 11.6 Å². The summed E-state index contributed by atoms with van der Waals surface area (Å²) in [5.41, 5.74) is 0.981. The molecule has 0 amide bonds. The van der Waals surface area contributed by atoms with Crippen molar-refractivity contribution in [3.05, 3.63) is 34.9 Å². The number of nitrogens with zero attached hydrogens (tertiary/aromatic N) is 1. The first kappa shape index (κ1) is 14.4. The molecule has 1 aliphatic heterocycles. The molecule has 3 heteroatoms. The normalized spacial score (nSPS) is 21.5. The van der Waals surface area contributed by atoms with Gasteiger partial charge >= 0.3 is 0 Å². The lowest BCUT2D eigenvalue weighted by Crippen LogP contribution is -2.45. The Hall–Kier alpha value is -1.01. The van der Waals surface area contributed by atoms with Crippen LogP contribution in [-0.2, 0) is 0 Å². The number of rotatable bonds is 2. The minimum atomic E-state index is -0.280. The highest BCUT2D eigenvalue weighted by Gasteiger charge is 2.25. The zero-order valence-electron chi connectivity index (χ0n) is 11.3. The number of hydrogen-bond donors (Lipinski definition) is 1. The van der Waals surface area contributed by atoms with Crippen LogP contribution >= 0.6 is 11.6 Å². The van der Waals surface area contributed by atoms with Gasteiger partial charge in [-0.2, -0.15) is 0 Å². The van der Waals surface area contributed by atoms with Crippen LogP contribution in [-0.4, -0.2) is 35.2 Å². The molecular weight excluding hydrogens is 258 g/mol. The van der Waals surface area contributed by atoms with E-state index in [1.807, 2.05) is 31.2 Å².